The maximum absolute atomic E-state index is 5.65. The second-order valence-corrected chi connectivity index (χ2v) is 5.23. The predicted octanol–water partition coefficient (Wildman–Crippen LogP) is 1.86. The third-order valence-electron chi connectivity index (χ3n) is 3.86. The summed E-state index contributed by atoms with van der Waals surface area (Å²) >= 11 is 0. The number of nitrogens with zero attached hydrogens (tertiary/aromatic N) is 1. The molecule has 2 nitrogen and oxygen atoms in total. The zero-order valence-electron chi connectivity index (χ0n) is 10.4. The number of hydrogen-bond donors (Lipinski definition) is 1. The molecule has 2 heteroatoms. The van der Waals surface area contributed by atoms with Crippen LogP contribution in [0.2, 0.25) is 0 Å². The Bertz CT molecular complexity index is 246. The topological polar surface area (TPSA) is 15.3 Å². The lowest BCUT2D eigenvalue weighted by molar-refractivity contribution is 0.170. The molecule has 1 heterocycles. The van der Waals surface area contributed by atoms with E-state index in [1.807, 2.05) is 0 Å². The van der Waals surface area contributed by atoms with Gasteiger partial charge in [-0.15, -0.1) is 6.42 Å². The van der Waals surface area contributed by atoms with Crippen molar-refractivity contribution in [1.82, 2.24) is 10.2 Å². The van der Waals surface area contributed by atoms with Gasteiger partial charge in [0.25, 0.3) is 0 Å². The summed E-state index contributed by atoms with van der Waals surface area (Å²) in [6, 6.07) is 1.16. The minimum Gasteiger partial charge on any atom is -0.316 e. The summed E-state index contributed by atoms with van der Waals surface area (Å²) in [7, 11) is 0. The number of nitrogens with one attached hydrogen (secondary N) is 1. The lowest BCUT2D eigenvalue weighted by atomic mass is 9.98. The van der Waals surface area contributed by atoms with Crippen molar-refractivity contribution in [3.05, 3.63) is 0 Å². The zero-order chi connectivity index (χ0) is 11.4. The van der Waals surface area contributed by atoms with Crippen molar-refractivity contribution < 1.29 is 0 Å². The number of rotatable bonds is 5. The molecule has 2 aliphatic rings. The van der Waals surface area contributed by atoms with Gasteiger partial charge in [-0.3, -0.25) is 4.90 Å². The first-order valence-corrected chi connectivity index (χ1v) is 6.77. The molecule has 0 aromatic carbocycles. The molecule has 1 saturated heterocycles. The van der Waals surface area contributed by atoms with Crippen LogP contribution < -0.4 is 5.32 Å². The normalized spacial score (nSPS) is 27.7. The van der Waals surface area contributed by atoms with Gasteiger partial charge in [-0.25, -0.2) is 0 Å². The summed E-state index contributed by atoms with van der Waals surface area (Å²) in [4.78, 5) is 2.59. The summed E-state index contributed by atoms with van der Waals surface area (Å²) in [5, 5.41) is 3.50. The Hall–Kier alpha value is -0.520. The molecule has 1 saturated carbocycles. The fourth-order valence-corrected chi connectivity index (χ4v) is 2.76. The molecule has 0 radical (unpaired) electrons. The molecule has 1 aliphatic carbocycles. The number of piperidine rings is 1. The first-order valence-electron chi connectivity index (χ1n) is 6.77. The van der Waals surface area contributed by atoms with Crippen LogP contribution in [0.25, 0.3) is 0 Å². The van der Waals surface area contributed by atoms with E-state index in [2.05, 4.69) is 23.1 Å². The average molecular weight is 220 g/mol. The van der Waals surface area contributed by atoms with Crippen molar-refractivity contribution >= 4 is 0 Å². The third-order valence-corrected chi connectivity index (χ3v) is 3.86. The van der Waals surface area contributed by atoms with Gasteiger partial charge in [-0.1, -0.05) is 12.8 Å². The van der Waals surface area contributed by atoms with E-state index in [0.717, 1.165) is 18.4 Å². The van der Waals surface area contributed by atoms with E-state index in [4.69, 9.17) is 6.42 Å². The summed E-state index contributed by atoms with van der Waals surface area (Å²) in [5.41, 5.74) is 0. The van der Waals surface area contributed by atoms with Gasteiger partial charge in [0.05, 0.1) is 6.04 Å². The van der Waals surface area contributed by atoms with Crippen LogP contribution in [0.3, 0.4) is 0 Å². The summed E-state index contributed by atoms with van der Waals surface area (Å²) in [5.74, 6) is 3.78. The van der Waals surface area contributed by atoms with Gasteiger partial charge in [0.15, 0.2) is 0 Å². The van der Waals surface area contributed by atoms with Crippen molar-refractivity contribution in [2.75, 3.05) is 19.6 Å². The van der Waals surface area contributed by atoms with Gasteiger partial charge in [0.2, 0.25) is 0 Å². The van der Waals surface area contributed by atoms with Crippen LogP contribution in [-0.4, -0.2) is 36.6 Å². The van der Waals surface area contributed by atoms with E-state index in [1.165, 1.54) is 45.3 Å². The molecule has 0 aromatic heterocycles. The highest BCUT2D eigenvalue weighted by Crippen LogP contribution is 2.30. The van der Waals surface area contributed by atoms with Gasteiger partial charge >= 0.3 is 0 Å². The standard InChI is InChI=1S/C14H24N2/c1-3-13(4-2)16(14-7-8-14)11-12-6-5-9-15-10-12/h1,12-15H,4-11H2,2H3. The van der Waals surface area contributed by atoms with Crippen molar-refractivity contribution in [1.29, 1.82) is 0 Å². The van der Waals surface area contributed by atoms with E-state index < -0.39 is 0 Å². The molecule has 1 N–H and O–H groups in total. The van der Waals surface area contributed by atoms with Crippen LogP contribution in [0.4, 0.5) is 0 Å². The molecule has 0 aromatic rings. The van der Waals surface area contributed by atoms with Gasteiger partial charge < -0.3 is 5.32 Å². The molecular formula is C14H24N2. The molecule has 2 fully saturated rings. The minimum atomic E-state index is 0.370. The van der Waals surface area contributed by atoms with Crippen LogP contribution in [0, 0.1) is 18.3 Å². The smallest absolute Gasteiger partial charge is 0.0711 e. The molecule has 2 atom stereocenters. The first kappa shape index (κ1) is 12.0. The lowest BCUT2D eigenvalue weighted by Crippen LogP contribution is -2.43. The highest BCUT2D eigenvalue weighted by molar-refractivity contribution is 5.03. The Morgan fingerprint density at radius 3 is 2.75 bits per heavy atom. The summed E-state index contributed by atoms with van der Waals surface area (Å²) in [6.45, 7) is 5.80. The molecule has 16 heavy (non-hydrogen) atoms. The van der Waals surface area contributed by atoms with Crippen LogP contribution >= 0.6 is 0 Å². The fourth-order valence-electron chi connectivity index (χ4n) is 2.76. The zero-order valence-corrected chi connectivity index (χ0v) is 10.4. The SMILES string of the molecule is C#CC(CC)N(CC1CCCNC1)C1CC1. The number of terminal acetylenes is 1. The molecular weight excluding hydrogens is 196 g/mol. The second-order valence-electron chi connectivity index (χ2n) is 5.23. The van der Waals surface area contributed by atoms with Gasteiger partial charge in [0, 0.05) is 12.6 Å². The van der Waals surface area contributed by atoms with Crippen molar-refractivity contribution in [2.24, 2.45) is 5.92 Å². The van der Waals surface area contributed by atoms with Crippen LogP contribution in [0.15, 0.2) is 0 Å². The largest absolute Gasteiger partial charge is 0.316 e. The third kappa shape index (κ3) is 2.99. The van der Waals surface area contributed by atoms with E-state index >= 15 is 0 Å². The average Bonchev–Trinajstić information content (AvgIpc) is 3.14. The minimum absolute atomic E-state index is 0.370. The first-order chi connectivity index (χ1) is 7.85. The Morgan fingerprint density at radius 2 is 2.25 bits per heavy atom. The molecule has 90 valence electrons. The van der Waals surface area contributed by atoms with E-state index in [0.29, 0.717) is 6.04 Å². The van der Waals surface area contributed by atoms with Gasteiger partial charge in [-0.05, 0) is 51.1 Å². The van der Waals surface area contributed by atoms with Gasteiger partial charge in [0.1, 0.15) is 0 Å². The molecule has 1 aliphatic heterocycles. The Kier molecular flexibility index (Phi) is 4.26. The Morgan fingerprint density at radius 1 is 1.44 bits per heavy atom. The van der Waals surface area contributed by atoms with Gasteiger partial charge in [-0.2, -0.15) is 0 Å². The highest BCUT2D eigenvalue weighted by atomic mass is 15.2. The quantitative estimate of drug-likeness (QED) is 0.712. The second kappa shape index (κ2) is 5.70. The summed E-state index contributed by atoms with van der Waals surface area (Å²) < 4.78 is 0. The van der Waals surface area contributed by atoms with E-state index in [9.17, 15) is 0 Å². The van der Waals surface area contributed by atoms with Crippen LogP contribution in [-0.2, 0) is 0 Å². The van der Waals surface area contributed by atoms with Crippen molar-refractivity contribution in [2.45, 2.75) is 51.1 Å². The number of hydrogen-bond acceptors (Lipinski definition) is 2. The fraction of sp³-hybridized carbons (Fsp3) is 0.857. The molecule has 0 spiro atoms. The van der Waals surface area contributed by atoms with Crippen molar-refractivity contribution in [3.8, 4) is 12.3 Å². The monoisotopic (exact) mass is 220 g/mol. The van der Waals surface area contributed by atoms with E-state index in [-0.39, 0.29) is 0 Å². The molecule has 0 amide bonds. The predicted molar refractivity (Wildman–Crippen MR) is 68.2 cm³/mol. The Balaban J connectivity index is 1.89. The van der Waals surface area contributed by atoms with Crippen LogP contribution in [0.5, 0.6) is 0 Å². The van der Waals surface area contributed by atoms with Crippen LogP contribution in [0.1, 0.15) is 39.0 Å². The van der Waals surface area contributed by atoms with Crippen molar-refractivity contribution in [3.63, 3.8) is 0 Å². The van der Waals surface area contributed by atoms with E-state index in [1.54, 1.807) is 0 Å². The summed E-state index contributed by atoms with van der Waals surface area (Å²) in [6.07, 6.45) is 12.2. The molecule has 2 unspecified atom stereocenters. The Labute approximate surface area is 99.8 Å². The molecule has 0 bridgehead atoms. The highest BCUT2D eigenvalue weighted by Gasteiger charge is 2.34. The maximum atomic E-state index is 5.65. The lowest BCUT2D eigenvalue weighted by Gasteiger charge is -2.33. The maximum Gasteiger partial charge on any atom is 0.0711 e. The molecule has 2 rings (SSSR count).